The van der Waals surface area contributed by atoms with Crippen molar-refractivity contribution in [2.45, 2.75) is 31.7 Å². The van der Waals surface area contributed by atoms with Crippen LogP contribution in [0.4, 0.5) is 5.69 Å². The summed E-state index contributed by atoms with van der Waals surface area (Å²) in [5.41, 5.74) is 2.41. The number of rotatable bonds is 7. The summed E-state index contributed by atoms with van der Waals surface area (Å²) in [5.74, 6) is -0.149. The molecule has 1 heterocycles. The van der Waals surface area contributed by atoms with Gasteiger partial charge in [0.1, 0.15) is 0 Å². The lowest BCUT2D eigenvalue weighted by Gasteiger charge is -2.17. The molecule has 2 aromatic rings. The smallest absolute Gasteiger partial charge is 0.242 e. The van der Waals surface area contributed by atoms with Crippen molar-refractivity contribution < 1.29 is 13.2 Å². The van der Waals surface area contributed by atoms with Crippen LogP contribution in [-0.4, -0.2) is 39.3 Å². The van der Waals surface area contributed by atoms with E-state index in [1.54, 1.807) is 23.5 Å². The predicted molar refractivity (Wildman–Crippen MR) is 106 cm³/mol. The fourth-order valence-electron chi connectivity index (χ4n) is 2.45. The first-order valence-corrected chi connectivity index (χ1v) is 10.5. The van der Waals surface area contributed by atoms with Gasteiger partial charge in [0.15, 0.2) is 0 Å². The van der Waals surface area contributed by atoms with Crippen molar-refractivity contribution in [3.8, 4) is 0 Å². The largest absolute Gasteiger partial charge is 0.376 e. The van der Waals surface area contributed by atoms with Gasteiger partial charge < -0.3 is 10.6 Å². The Hall–Kier alpha value is -1.90. The zero-order valence-corrected chi connectivity index (χ0v) is 17.3. The Morgan fingerprint density at radius 3 is 2.54 bits per heavy atom. The summed E-state index contributed by atoms with van der Waals surface area (Å²) in [7, 11) is -0.538. The summed E-state index contributed by atoms with van der Waals surface area (Å²) in [4.78, 5) is 13.5. The lowest BCUT2D eigenvalue weighted by Crippen LogP contribution is -2.32. The number of hydrogen-bond acceptors (Lipinski definition) is 5. The van der Waals surface area contributed by atoms with E-state index in [0.29, 0.717) is 5.69 Å². The minimum atomic E-state index is -3.53. The highest BCUT2D eigenvalue weighted by Gasteiger charge is 2.20. The van der Waals surface area contributed by atoms with Crippen LogP contribution in [0.3, 0.4) is 0 Å². The van der Waals surface area contributed by atoms with E-state index in [9.17, 15) is 13.2 Å². The number of thiophene rings is 1. The summed E-state index contributed by atoms with van der Waals surface area (Å²) < 4.78 is 25.9. The second kappa shape index (κ2) is 8.20. The van der Waals surface area contributed by atoms with Gasteiger partial charge in [-0.25, -0.2) is 12.7 Å². The Bertz CT molecular complexity index is 875. The van der Waals surface area contributed by atoms with E-state index in [-0.39, 0.29) is 23.4 Å². The second-order valence-electron chi connectivity index (χ2n) is 6.36. The predicted octanol–water partition coefficient (Wildman–Crippen LogP) is 2.90. The zero-order chi connectivity index (χ0) is 19.5. The average molecular weight is 396 g/mol. The van der Waals surface area contributed by atoms with Crippen LogP contribution in [0, 0.1) is 13.8 Å². The van der Waals surface area contributed by atoms with Gasteiger partial charge in [-0.05, 0) is 55.5 Å². The zero-order valence-electron chi connectivity index (χ0n) is 15.7. The molecule has 1 atom stereocenters. The number of sulfonamides is 1. The van der Waals surface area contributed by atoms with Gasteiger partial charge in [0.25, 0.3) is 0 Å². The number of carbonyl (C=O) groups excluding carboxylic acids is 1. The quantitative estimate of drug-likeness (QED) is 0.756. The van der Waals surface area contributed by atoms with E-state index in [1.807, 2.05) is 38.3 Å². The van der Waals surface area contributed by atoms with Crippen molar-refractivity contribution in [1.29, 1.82) is 0 Å². The molecule has 1 aromatic heterocycles. The lowest BCUT2D eigenvalue weighted by molar-refractivity contribution is -0.120. The number of aryl methyl sites for hydroxylation is 1. The molecule has 0 spiro atoms. The fourth-order valence-corrected chi connectivity index (χ4v) is 4.19. The third-order valence-electron chi connectivity index (χ3n) is 4.21. The molecule has 0 aliphatic rings. The molecule has 26 heavy (non-hydrogen) atoms. The molecule has 0 bridgehead atoms. The van der Waals surface area contributed by atoms with Crippen molar-refractivity contribution in [3.63, 3.8) is 0 Å². The number of amides is 1. The summed E-state index contributed by atoms with van der Waals surface area (Å²) in [6.07, 6.45) is 0. The second-order valence-corrected chi connectivity index (χ2v) is 9.49. The first-order chi connectivity index (χ1) is 12.1. The van der Waals surface area contributed by atoms with Gasteiger partial charge in [0, 0.05) is 24.7 Å². The van der Waals surface area contributed by atoms with Crippen LogP contribution in [0.5, 0.6) is 0 Å². The third-order valence-corrected chi connectivity index (χ3v) is 7.05. The molecule has 0 saturated heterocycles. The molecule has 6 nitrogen and oxygen atoms in total. The topological polar surface area (TPSA) is 78.5 Å². The van der Waals surface area contributed by atoms with Crippen LogP contribution in [0.1, 0.15) is 29.0 Å². The molecule has 142 valence electrons. The molecule has 1 unspecified atom stereocenters. The van der Waals surface area contributed by atoms with Gasteiger partial charge in [-0.3, -0.25) is 4.79 Å². The molecule has 0 radical (unpaired) electrons. The number of hydrogen-bond donors (Lipinski definition) is 2. The average Bonchev–Trinajstić information content (AvgIpc) is 3.10. The Morgan fingerprint density at radius 2 is 1.96 bits per heavy atom. The third kappa shape index (κ3) is 4.63. The number of benzene rings is 1. The standard InChI is InChI=1S/C18H25N3O3S2/c1-12-9-15(26(23,24)21(4)5)10-16(13(12)2)19-11-18(22)20-14(3)17-7-6-8-25-17/h6-10,14,19H,11H2,1-5H3,(H,20,22). The highest BCUT2D eigenvalue weighted by atomic mass is 32.2. The van der Waals surface area contributed by atoms with Crippen LogP contribution in [-0.2, 0) is 14.8 Å². The highest BCUT2D eigenvalue weighted by Crippen LogP contribution is 2.25. The molecule has 1 aromatic carbocycles. The van der Waals surface area contributed by atoms with Gasteiger partial charge in [0.05, 0.1) is 17.5 Å². The molecule has 0 saturated carbocycles. The van der Waals surface area contributed by atoms with Crippen LogP contribution in [0.2, 0.25) is 0 Å². The minimum absolute atomic E-state index is 0.0624. The van der Waals surface area contributed by atoms with Crippen LogP contribution in [0.25, 0.3) is 0 Å². The Kier molecular flexibility index (Phi) is 6.44. The normalized spacial score (nSPS) is 12.8. The van der Waals surface area contributed by atoms with Crippen LogP contribution in [0.15, 0.2) is 34.5 Å². The Balaban J connectivity index is 2.11. The van der Waals surface area contributed by atoms with E-state index in [1.165, 1.54) is 18.4 Å². The maximum Gasteiger partial charge on any atom is 0.242 e. The Labute approximate surface area is 159 Å². The molecule has 2 rings (SSSR count). The molecular weight excluding hydrogens is 370 g/mol. The van der Waals surface area contributed by atoms with Crippen LogP contribution < -0.4 is 10.6 Å². The van der Waals surface area contributed by atoms with Gasteiger partial charge in [-0.15, -0.1) is 11.3 Å². The molecule has 2 N–H and O–H groups in total. The number of anilines is 1. The van der Waals surface area contributed by atoms with E-state index in [4.69, 9.17) is 0 Å². The van der Waals surface area contributed by atoms with Gasteiger partial charge >= 0.3 is 0 Å². The maximum atomic E-state index is 12.4. The van der Waals surface area contributed by atoms with Gasteiger partial charge in [-0.2, -0.15) is 0 Å². The van der Waals surface area contributed by atoms with Crippen molar-refractivity contribution in [1.82, 2.24) is 9.62 Å². The number of carbonyl (C=O) groups is 1. The first kappa shape index (κ1) is 20.4. The van der Waals surface area contributed by atoms with Crippen molar-refractivity contribution >= 4 is 33.0 Å². The summed E-state index contributed by atoms with van der Waals surface area (Å²) in [5, 5.41) is 7.97. The van der Waals surface area contributed by atoms with E-state index < -0.39 is 10.0 Å². The molecule has 8 heteroatoms. The minimum Gasteiger partial charge on any atom is -0.376 e. The highest BCUT2D eigenvalue weighted by molar-refractivity contribution is 7.89. The molecule has 1 amide bonds. The molecule has 0 fully saturated rings. The van der Waals surface area contributed by atoms with E-state index >= 15 is 0 Å². The first-order valence-electron chi connectivity index (χ1n) is 8.23. The number of nitrogens with one attached hydrogen (secondary N) is 2. The Morgan fingerprint density at radius 1 is 1.27 bits per heavy atom. The molecule has 0 aliphatic carbocycles. The van der Waals surface area contributed by atoms with Crippen molar-refractivity contribution in [2.75, 3.05) is 26.0 Å². The monoisotopic (exact) mass is 395 g/mol. The summed E-state index contributed by atoms with van der Waals surface area (Å²) >= 11 is 1.59. The molecular formula is C18H25N3O3S2. The maximum absolute atomic E-state index is 12.4. The van der Waals surface area contributed by atoms with Gasteiger partial charge in [-0.1, -0.05) is 6.07 Å². The SMILES string of the molecule is Cc1cc(S(=O)(=O)N(C)C)cc(NCC(=O)NC(C)c2cccs2)c1C. The van der Waals surface area contributed by atoms with E-state index in [0.717, 1.165) is 16.0 Å². The van der Waals surface area contributed by atoms with Crippen LogP contribution >= 0.6 is 11.3 Å². The van der Waals surface area contributed by atoms with Crippen molar-refractivity contribution in [3.05, 3.63) is 45.6 Å². The lowest BCUT2D eigenvalue weighted by atomic mass is 10.1. The molecule has 0 aliphatic heterocycles. The summed E-state index contributed by atoms with van der Waals surface area (Å²) in [6.45, 7) is 5.76. The van der Waals surface area contributed by atoms with E-state index in [2.05, 4.69) is 10.6 Å². The summed E-state index contributed by atoms with van der Waals surface area (Å²) in [6, 6.07) is 7.09. The fraction of sp³-hybridized carbons (Fsp3) is 0.389. The number of nitrogens with zero attached hydrogens (tertiary/aromatic N) is 1. The van der Waals surface area contributed by atoms with Gasteiger partial charge in [0.2, 0.25) is 15.9 Å². The van der Waals surface area contributed by atoms with Crippen molar-refractivity contribution in [2.24, 2.45) is 0 Å².